The molecular formula is C26H29ClN2O7S. The van der Waals surface area contributed by atoms with Crippen molar-refractivity contribution in [2.75, 3.05) is 35.1 Å². The second-order valence-electron chi connectivity index (χ2n) is 8.48. The third kappa shape index (κ3) is 6.69. The number of aryl methyl sites for hydroxylation is 2. The van der Waals surface area contributed by atoms with E-state index in [9.17, 15) is 22.8 Å². The minimum Gasteiger partial charge on any atom is -0.496 e. The van der Waals surface area contributed by atoms with Crippen LogP contribution in [0.1, 0.15) is 24.5 Å². The van der Waals surface area contributed by atoms with Gasteiger partial charge in [0.2, 0.25) is 5.91 Å². The summed E-state index contributed by atoms with van der Waals surface area (Å²) in [6.07, 6.45) is 0.509. The van der Waals surface area contributed by atoms with E-state index in [-0.39, 0.29) is 40.8 Å². The molecule has 1 atom stereocenters. The predicted octanol–water partition coefficient (Wildman–Crippen LogP) is 3.49. The third-order valence-electron chi connectivity index (χ3n) is 5.82. The lowest BCUT2D eigenvalue weighted by atomic mass is 10.0. The lowest BCUT2D eigenvalue weighted by Gasteiger charge is -2.28. The molecule has 2 amide bonds. The van der Waals surface area contributed by atoms with E-state index < -0.39 is 21.8 Å². The quantitative estimate of drug-likeness (QED) is 0.448. The van der Waals surface area contributed by atoms with E-state index in [1.54, 1.807) is 30.3 Å². The van der Waals surface area contributed by atoms with Gasteiger partial charge in [0.1, 0.15) is 24.3 Å². The number of rotatable bonds is 5. The number of alkyl halides is 1. The SMILES string of the molecule is CC1=C(C(=O)Nc2ccccc2)S(=O)(=O)CCO1.Cc1cccc(C)c1N(C(=O)CCl)C1CCOC1=O. The lowest BCUT2D eigenvalue weighted by Crippen LogP contribution is -2.44. The number of nitrogens with zero attached hydrogens (tertiary/aromatic N) is 1. The van der Waals surface area contributed by atoms with Gasteiger partial charge in [-0.15, -0.1) is 11.6 Å². The van der Waals surface area contributed by atoms with Crippen molar-refractivity contribution in [1.82, 2.24) is 0 Å². The van der Waals surface area contributed by atoms with Gasteiger partial charge in [0.05, 0.1) is 18.0 Å². The molecule has 1 fully saturated rings. The number of carbonyl (C=O) groups is 3. The number of halogens is 1. The number of amides is 2. The number of anilines is 2. The fraction of sp³-hybridized carbons (Fsp3) is 0.346. The van der Waals surface area contributed by atoms with Crippen LogP contribution >= 0.6 is 11.6 Å². The van der Waals surface area contributed by atoms with Gasteiger partial charge in [-0.2, -0.15) is 0 Å². The molecule has 37 heavy (non-hydrogen) atoms. The van der Waals surface area contributed by atoms with Gasteiger partial charge >= 0.3 is 5.97 Å². The first kappa shape index (κ1) is 28.2. The molecule has 1 unspecified atom stereocenters. The highest BCUT2D eigenvalue weighted by molar-refractivity contribution is 7.96. The van der Waals surface area contributed by atoms with Gasteiger partial charge in [-0.05, 0) is 44.0 Å². The maximum atomic E-state index is 12.1. The molecule has 4 rings (SSSR count). The molecule has 198 valence electrons. The molecule has 2 aliphatic heterocycles. The van der Waals surface area contributed by atoms with Crippen LogP contribution in [0.15, 0.2) is 59.2 Å². The molecule has 2 aromatic rings. The van der Waals surface area contributed by atoms with Crippen molar-refractivity contribution in [3.8, 4) is 0 Å². The summed E-state index contributed by atoms with van der Waals surface area (Å²) in [6, 6.07) is 13.9. The summed E-state index contributed by atoms with van der Waals surface area (Å²) in [4.78, 5) is 37.1. The van der Waals surface area contributed by atoms with E-state index in [0.29, 0.717) is 18.7 Å². The summed E-state index contributed by atoms with van der Waals surface area (Å²) in [5, 5.41) is 2.54. The van der Waals surface area contributed by atoms with Crippen LogP contribution in [-0.4, -0.2) is 57.1 Å². The Morgan fingerprint density at radius 1 is 1.00 bits per heavy atom. The zero-order valence-corrected chi connectivity index (χ0v) is 22.4. The van der Waals surface area contributed by atoms with Crippen molar-refractivity contribution < 1.29 is 32.3 Å². The van der Waals surface area contributed by atoms with E-state index in [2.05, 4.69) is 5.32 Å². The Bertz CT molecular complexity index is 1290. The Morgan fingerprint density at radius 3 is 2.19 bits per heavy atom. The standard InChI is InChI=1S/C14H16ClNO3.C12H13NO4S/c1-9-4-3-5-10(2)13(9)16(12(17)8-15)11-6-7-19-14(11)18;1-9-11(18(15,16)8-7-17-9)12(14)13-10-5-3-2-4-6-10/h3-5,11H,6-8H2,1-2H3;2-6H,7-8H2,1H3,(H,13,14). The summed E-state index contributed by atoms with van der Waals surface area (Å²) >= 11 is 5.68. The predicted molar refractivity (Wildman–Crippen MR) is 141 cm³/mol. The lowest BCUT2D eigenvalue weighted by molar-refractivity contribution is -0.140. The number of nitrogens with one attached hydrogen (secondary N) is 1. The molecule has 0 aliphatic carbocycles. The van der Waals surface area contributed by atoms with Gasteiger partial charge in [-0.1, -0.05) is 36.4 Å². The molecule has 9 nitrogen and oxygen atoms in total. The monoisotopic (exact) mass is 548 g/mol. The highest BCUT2D eigenvalue weighted by atomic mass is 35.5. The maximum Gasteiger partial charge on any atom is 0.329 e. The molecule has 2 heterocycles. The molecule has 0 spiro atoms. The van der Waals surface area contributed by atoms with Crippen LogP contribution in [0.4, 0.5) is 11.4 Å². The number of benzene rings is 2. The molecule has 0 saturated carbocycles. The highest BCUT2D eigenvalue weighted by Crippen LogP contribution is 2.30. The minimum atomic E-state index is -3.55. The van der Waals surface area contributed by atoms with Crippen molar-refractivity contribution in [2.24, 2.45) is 0 Å². The summed E-state index contributed by atoms with van der Waals surface area (Å²) in [5.41, 5.74) is 3.19. The zero-order chi connectivity index (χ0) is 27.2. The molecular weight excluding hydrogens is 520 g/mol. The number of ether oxygens (including phenoxy) is 2. The molecule has 1 saturated heterocycles. The van der Waals surface area contributed by atoms with Crippen LogP contribution in [0.5, 0.6) is 0 Å². The molecule has 11 heteroatoms. The fourth-order valence-corrected chi connectivity index (χ4v) is 5.59. The molecule has 1 N–H and O–H groups in total. The largest absolute Gasteiger partial charge is 0.496 e. The number of allylic oxidation sites excluding steroid dienone is 1. The average Bonchev–Trinajstić information content (AvgIpc) is 3.26. The van der Waals surface area contributed by atoms with Crippen LogP contribution < -0.4 is 10.2 Å². The second kappa shape index (κ2) is 12.2. The molecule has 2 aliphatic rings. The highest BCUT2D eigenvalue weighted by Gasteiger charge is 2.37. The van der Waals surface area contributed by atoms with Crippen molar-refractivity contribution >= 4 is 50.6 Å². The first-order valence-corrected chi connectivity index (χ1v) is 13.8. The van der Waals surface area contributed by atoms with Crippen LogP contribution in [0.2, 0.25) is 0 Å². The molecule has 0 bridgehead atoms. The fourth-order valence-electron chi connectivity index (χ4n) is 4.13. The number of sulfone groups is 1. The topological polar surface area (TPSA) is 119 Å². The van der Waals surface area contributed by atoms with Crippen molar-refractivity contribution in [2.45, 2.75) is 33.2 Å². The van der Waals surface area contributed by atoms with Gasteiger partial charge in [-0.3, -0.25) is 14.5 Å². The van der Waals surface area contributed by atoms with E-state index in [0.717, 1.165) is 16.8 Å². The Hall–Kier alpha value is -3.37. The Morgan fingerprint density at radius 2 is 1.65 bits per heavy atom. The van der Waals surface area contributed by atoms with E-state index in [1.165, 1.54) is 11.8 Å². The maximum absolute atomic E-state index is 12.1. The average molecular weight is 549 g/mol. The molecule has 0 aromatic heterocycles. The Labute approximate surface area is 221 Å². The zero-order valence-electron chi connectivity index (χ0n) is 20.8. The van der Waals surface area contributed by atoms with Crippen molar-refractivity contribution in [3.05, 3.63) is 70.3 Å². The van der Waals surface area contributed by atoms with E-state index in [1.807, 2.05) is 32.0 Å². The number of cyclic esters (lactones) is 1. The third-order valence-corrected chi connectivity index (χ3v) is 7.85. The van der Waals surface area contributed by atoms with Gasteiger partial charge in [0.15, 0.2) is 14.7 Å². The van der Waals surface area contributed by atoms with Crippen LogP contribution in [-0.2, 0) is 33.7 Å². The summed E-state index contributed by atoms with van der Waals surface area (Å²) in [7, 11) is -3.55. The Balaban J connectivity index is 0.000000206. The normalized spacial score (nSPS) is 18.2. The number of carbonyl (C=O) groups excluding carboxylic acids is 3. The molecule has 0 radical (unpaired) electrons. The first-order valence-electron chi connectivity index (χ1n) is 11.6. The smallest absolute Gasteiger partial charge is 0.329 e. The number of para-hydroxylation sites is 2. The first-order chi connectivity index (χ1) is 17.6. The van der Waals surface area contributed by atoms with Crippen LogP contribution in [0, 0.1) is 13.8 Å². The Kier molecular flexibility index (Phi) is 9.34. The van der Waals surface area contributed by atoms with E-state index in [4.69, 9.17) is 21.1 Å². The van der Waals surface area contributed by atoms with Crippen molar-refractivity contribution in [3.63, 3.8) is 0 Å². The van der Waals surface area contributed by atoms with Gasteiger partial charge in [-0.25, -0.2) is 13.2 Å². The second-order valence-corrected chi connectivity index (χ2v) is 10.8. The minimum absolute atomic E-state index is 0.0935. The summed E-state index contributed by atoms with van der Waals surface area (Å²) in [6.45, 7) is 5.75. The molecule has 2 aromatic carbocycles. The van der Waals surface area contributed by atoms with Crippen LogP contribution in [0.3, 0.4) is 0 Å². The number of hydrogen-bond acceptors (Lipinski definition) is 7. The van der Waals surface area contributed by atoms with Crippen molar-refractivity contribution in [1.29, 1.82) is 0 Å². The van der Waals surface area contributed by atoms with Gasteiger partial charge in [0.25, 0.3) is 5.91 Å². The van der Waals surface area contributed by atoms with Gasteiger partial charge in [0, 0.05) is 12.1 Å². The number of esters is 1. The van der Waals surface area contributed by atoms with E-state index >= 15 is 0 Å². The van der Waals surface area contributed by atoms with Gasteiger partial charge < -0.3 is 14.8 Å². The number of hydrogen-bond donors (Lipinski definition) is 1. The summed E-state index contributed by atoms with van der Waals surface area (Å²) < 4.78 is 33.7. The van der Waals surface area contributed by atoms with Crippen LogP contribution in [0.25, 0.3) is 0 Å². The summed E-state index contributed by atoms with van der Waals surface area (Å²) in [5.74, 6) is -1.46.